The summed E-state index contributed by atoms with van der Waals surface area (Å²) in [4.78, 5) is 15.9. The van der Waals surface area contributed by atoms with Gasteiger partial charge in [-0.1, -0.05) is 23.7 Å². The highest BCUT2D eigenvalue weighted by atomic mass is 35.5. The van der Waals surface area contributed by atoms with Gasteiger partial charge in [0.25, 0.3) is 0 Å². The molecule has 0 saturated carbocycles. The molecule has 0 spiro atoms. The first-order valence-corrected chi connectivity index (χ1v) is 7.29. The van der Waals surface area contributed by atoms with Crippen LogP contribution in [0.5, 0.6) is 0 Å². The second-order valence-corrected chi connectivity index (χ2v) is 5.22. The number of anilines is 1. The van der Waals surface area contributed by atoms with Crippen molar-refractivity contribution in [2.75, 3.05) is 5.32 Å². The van der Waals surface area contributed by atoms with Gasteiger partial charge in [0, 0.05) is 35.1 Å². The first-order chi connectivity index (χ1) is 11.2. The van der Waals surface area contributed by atoms with Crippen molar-refractivity contribution in [3.05, 3.63) is 71.5 Å². The molecule has 3 rings (SSSR count). The molecule has 0 saturated heterocycles. The molecule has 0 aliphatic rings. The van der Waals surface area contributed by atoms with Crippen molar-refractivity contribution < 1.29 is 4.79 Å². The minimum absolute atomic E-state index is 0.255. The maximum atomic E-state index is 11.9. The molecule has 2 N–H and O–H groups in total. The van der Waals surface area contributed by atoms with Gasteiger partial charge in [-0.2, -0.15) is 5.10 Å². The summed E-state index contributed by atoms with van der Waals surface area (Å²) in [7, 11) is 0. The Labute approximate surface area is 138 Å². The highest BCUT2D eigenvalue weighted by Gasteiger charge is 2.05. The van der Waals surface area contributed by atoms with Gasteiger partial charge < -0.3 is 5.32 Å². The lowest BCUT2D eigenvalue weighted by Gasteiger charge is -1.97. The lowest BCUT2D eigenvalue weighted by molar-refractivity contribution is -0.111. The van der Waals surface area contributed by atoms with Gasteiger partial charge in [0.05, 0.1) is 5.69 Å². The van der Waals surface area contributed by atoms with E-state index in [0.717, 1.165) is 16.8 Å². The molecule has 5 nitrogen and oxygen atoms in total. The normalized spacial score (nSPS) is 10.8. The average Bonchev–Trinajstić information content (AvgIpc) is 3.02. The molecule has 0 aliphatic heterocycles. The number of rotatable bonds is 4. The third-order valence-electron chi connectivity index (χ3n) is 3.09. The Morgan fingerprint density at radius 1 is 1.17 bits per heavy atom. The van der Waals surface area contributed by atoms with Crippen LogP contribution in [0.2, 0.25) is 5.02 Å². The quantitative estimate of drug-likeness (QED) is 0.717. The van der Waals surface area contributed by atoms with E-state index < -0.39 is 0 Å². The molecule has 0 unspecified atom stereocenters. The molecular weight excluding hydrogens is 312 g/mol. The fraction of sp³-hybridized carbons (Fsp3) is 0. The van der Waals surface area contributed by atoms with Crippen molar-refractivity contribution in [3.8, 4) is 11.3 Å². The molecule has 0 fully saturated rings. The highest BCUT2D eigenvalue weighted by Crippen LogP contribution is 2.18. The third kappa shape index (κ3) is 4.05. The van der Waals surface area contributed by atoms with Crippen molar-refractivity contribution in [1.82, 2.24) is 15.2 Å². The van der Waals surface area contributed by atoms with E-state index >= 15 is 0 Å². The summed E-state index contributed by atoms with van der Waals surface area (Å²) in [6, 6.07) is 12.7. The molecule has 0 bridgehead atoms. The molecule has 6 heteroatoms. The number of aromatic nitrogens is 3. The summed E-state index contributed by atoms with van der Waals surface area (Å²) in [6.45, 7) is 0. The second kappa shape index (κ2) is 6.89. The molecule has 23 heavy (non-hydrogen) atoms. The third-order valence-corrected chi connectivity index (χ3v) is 3.32. The second-order valence-electron chi connectivity index (χ2n) is 4.78. The molecular formula is C17H13ClN4O. The van der Waals surface area contributed by atoms with Gasteiger partial charge in [0.15, 0.2) is 0 Å². The lowest BCUT2D eigenvalue weighted by atomic mass is 10.2. The van der Waals surface area contributed by atoms with Crippen LogP contribution >= 0.6 is 11.6 Å². The van der Waals surface area contributed by atoms with E-state index in [-0.39, 0.29) is 5.91 Å². The van der Waals surface area contributed by atoms with Crippen LogP contribution in [-0.4, -0.2) is 21.1 Å². The van der Waals surface area contributed by atoms with E-state index in [4.69, 9.17) is 11.6 Å². The van der Waals surface area contributed by atoms with E-state index in [0.29, 0.717) is 10.8 Å². The summed E-state index contributed by atoms with van der Waals surface area (Å²) in [5.74, 6) is 0.271. The number of carbonyl (C=O) groups is 1. The number of hydrogen-bond donors (Lipinski definition) is 2. The Balaban J connectivity index is 1.66. The van der Waals surface area contributed by atoms with Crippen LogP contribution in [-0.2, 0) is 4.79 Å². The predicted molar refractivity (Wildman–Crippen MR) is 90.9 cm³/mol. The molecule has 114 valence electrons. The molecule has 0 aliphatic carbocycles. The number of amides is 1. The Hall–Kier alpha value is -2.92. The fourth-order valence-electron chi connectivity index (χ4n) is 2.01. The number of pyridine rings is 1. The summed E-state index contributed by atoms with van der Waals surface area (Å²) < 4.78 is 0. The number of benzene rings is 1. The number of nitrogens with zero attached hydrogens (tertiary/aromatic N) is 2. The number of carbonyl (C=O) groups excluding carboxylic acids is 1. The topological polar surface area (TPSA) is 70.7 Å². The highest BCUT2D eigenvalue weighted by molar-refractivity contribution is 6.30. The zero-order chi connectivity index (χ0) is 16.1. The van der Waals surface area contributed by atoms with Crippen LogP contribution in [0.4, 0.5) is 5.82 Å². The van der Waals surface area contributed by atoms with Gasteiger partial charge in [-0.15, -0.1) is 0 Å². The van der Waals surface area contributed by atoms with Gasteiger partial charge in [-0.3, -0.25) is 14.9 Å². The van der Waals surface area contributed by atoms with E-state index in [1.807, 2.05) is 24.3 Å². The van der Waals surface area contributed by atoms with Crippen molar-refractivity contribution in [3.63, 3.8) is 0 Å². The molecule has 1 aromatic carbocycles. The number of aromatic amines is 1. The monoisotopic (exact) mass is 324 g/mol. The summed E-state index contributed by atoms with van der Waals surface area (Å²) in [5, 5.41) is 10.3. The first-order valence-electron chi connectivity index (χ1n) is 6.91. The Kier molecular flexibility index (Phi) is 4.49. The minimum Gasteiger partial charge on any atom is -0.307 e. The van der Waals surface area contributed by atoms with E-state index in [2.05, 4.69) is 20.5 Å². The standard InChI is InChI=1S/C17H13ClN4O/c18-14-3-1-2-12(10-14)4-5-17(23)20-16-11-15(21-22-16)13-6-8-19-9-7-13/h1-11H,(H2,20,21,22,23). The Bertz CT molecular complexity index is 843. The van der Waals surface area contributed by atoms with Crippen molar-refractivity contribution in [2.45, 2.75) is 0 Å². The Morgan fingerprint density at radius 2 is 2.00 bits per heavy atom. The van der Waals surface area contributed by atoms with Crippen LogP contribution in [0.1, 0.15) is 5.56 Å². The van der Waals surface area contributed by atoms with E-state index in [1.54, 1.807) is 36.7 Å². The fourth-order valence-corrected chi connectivity index (χ4v) is 2.21. The largest absolute Gasteiger partial charge is 0.307 e. The van der Waals surface area contributed by atoms with Gasteiger partial charge in [0.1, 0.15) is 5.82 Å². The Morgan fingerprint density at radius 3 is 2.78 bits per heavy atom. The number of H-pyrrole nitrogens is 1. The SMILES string of the molecule is O=C(C=Cc1cccc(Cl)c1)Nc1cc(-c2ccncc2)n[nH]1. The molecule has 0 atom stereocenters. The van der Waals surface area contributed by atoms with Crippen LogP contribution in [0.3, 0.4) is 0 Å². The molecule has 1 amide bonds. The predicted octanol–water partition coefficient (Wildman–Crippen LogP) is 3.78. The van der Waals surface area contributed by atoms with Gasteiger partial charge >= 0.3 is 0 Å². The van der Waals surface area contributed by atoms with Crippen LogP contribution in [0, 0.1) is 0 Å². The molecule has 2 heterocycles. The molecule has 3 aromatic rings. The van der Waals surface area contributed by atoms with Crippen molar-refractivity contribution in [1.29, 1.82) is 0 Å². The summed E-state index contributed by atoms with van der Waals surface area (Å²) in [6.07, 6.45) is 6.52. The maximum absolute atomic E-state index is 11.9. The smallest absolute Gasteiger partial charge is 0.249 e. The lowest BCUT2D eigenvalue weighted by Crippen LogP contribution is -2.07. The average molecular weight is 325 g/mol. The minimum atomic E-state index is -0.255. The zero-order valence-corrected chi connectivity index (χ0v) is 12.8. The van der Waals surface area contributed by atoms with Crippen LogP contribution in [0.25, 0.3) is 17.3 Å². The first kappa shape index (κ1) is 15.0. The number of nitrogens with one attached hydrogen (secondary N) is 2. The maximum Gasteiger partial charge on any atom is 0.249 e. The van der Waals surface area contributed by atoms with Gasteiger partial charge in [-0.05, 0) is 35.9 Å². The zero-order valence-electron chi connectivity index (χ0n) is 12.0. The number of halogens is 1. The van der Waals surface area contributed by atoms with Crippen LogP contribution in [0.15, 0.2) is 60.9 Å². The van der Waals surface area contributed by atoms with E-state index in [9.17, 15) is 4.79 Å². The molecule has 2 aromatic heterocycles. The van der Waals surface area contributed by atoms with Gasteiger partial charge in [-0.25, -0.2) is 0 Å². The number of hydrogen-bond acceptors (Lipinski definition) is 3. The van der Waals surface area contributed by atoms with Crippen LogP contribution < -0.4 is 5.32 Å². The van der Waals surface area contributed by atoms with Gasteiger partial charge in [0.2, 0.25) is 5.91 Å². The van der Waals surface area contributed by atoms with Crippen molar-refractivity contribution in [2.24, 2.45) is 0 Å². The summed E-state index contributed by atoms with van der Waals surface area (Å²) in [5.41, 5.74) is 2.52. The van der Waals surface area contributed by atoms with Crippen molar-refractivity contribution >= 4 is 29.4 Å². The van der Waals surface area contributed by atoms with E-state index in [1.165, 1.54) is 6.08 Å². The summed E-state index contributed by atoms with van der Waals surface area (Å²) >= 11 is 5.90. The molecule has 0 radical (unpaired) electrons.